The molecule has 0 N–H and O–H groups in total. The van der Waals surface area contributed by atoms with E-state index in [4.69, 9.17) is 4.43 Å². The van der Waals surface area contributed by atoms with Gasteiger partial charge in [-0.3, -0.25) is 0 Å². The molecule has 0 aromatic rings. The quantitative estimate of drug-likeness (QED) is 0.607. The van der Waals surface area contributed by atoms with Crippen LogP contribution in [0.15, 0.2) is 0 Å². The van der Waals surface area contributed by atoms with E-state index < -0.39 is 8.32 Å². The summed E-state index contributed by atoms with van der Waals surface area (Å²) in [5.74, 6) is 0. The Morgan fingerprint density at radius 1 is 1.00 bits per heavy atom. The van der Waals surface area contributed by atoms with Gasteiger partial charge in [0, 0.05) is 5.60 Å². The molecule has 0 spiro atoms. The summed E-state index contributed by atoms with van der Waals surface area (Å²) >= 11 is 0. The van der Waals surface area contributed by atoms with E-state index in [0.717, 1.165) is 0 Å². The van der Waals surface area contributed by atoms with E-state index in [0.29, 0.717) is 0 Å². The molecule has 0 radical (unpaired) electrons. The molecule has 0 fully saturated rings. The van der Waals surface area contributed by atoms with Crippen LogP contribution in [0.2, 0.25) is 18.1 Å². The summed E-state index contributed by atoms with van der Waals surface area (Å²) in [6.45, 7) is 13.4. The minimum Gasteiger partial charge on any atom is -0.412 e. The minimum atomic E-state index is -1.38. The zero-order valence-corrected chi connectivity index (χ0v) is 11.2. The van der Waals surface area contributed by atoms with Gasteiger partial charge in [0.1, 0.15) is 0 Å². The maximum absolute atomic E-state index is 6.30. The van der Waals surface area contributed by atoms with E-state index in [-0.39, 0.29) is 5.60 Å². The van der Waals surface area contributed by atoms with Gasteiger partial charge in [-0.2, -0.15) is 0 Å². The third-order valence-corrected chi connectivity index (χ3v) is 7.55. The van der Waals surface area contributed by atoms with Gasteiger partial charge in [0.2, 0.25) is 0 Å². The van der Waals surface area contributed by atoms with Crippen molar-refractivity contribution in [2.24, 2.45) is 0 Å². The van der Waals surface area contributed by atoms with E-state index in [1.807, 2.05) is 0 Å². The Bertz CT molecular complexity index is 134. The number of rotatable bonds is 5. The van der Waals surface area contributed by atoms with Gasteiger partial charge >= 0.3 is 0 Å². The maximum atomic E-state index is 6.30. The standard InChI is InChI=1S/C11H26OSi/c1-7-10-13(8-2,9-3)12-11(4,5)6/h7-10H2,1-6H3. The van der Waals surface area contributed by atoms with E-state index in [1.165, 1.54) is 24.6 Å². The van der Waals surface area contributed by atoms with Gasteiger partial charge < -0.3 is 4.43 Å². The fourth-order valence-electron chi connectivity index (χ4n) is 1.90. The molecule has 0 saturated heterocycles. The molecule has 0 unspecified atom stereocenters. The topological polar surface area (TPSA) is 9.23 Å². The number of hydrogen-bond acceptors (Lipinski definition) is 1. The average Bonchev–Trinajstić information content (AvgIpc) is 2.01. The van der Waals surface area contributed by atoms with Crippen molar-refractivity contribution < 1.29 is 4.43 Å². The van der Waals surface area contributed by atoms with Crippen LogP contribution in [-0.2, 0) is 4.43 Å². The molecule has 0 rings (SSSR count). The van der Waals surface area contributed by atoms with Crippen molar-refractivity contribution in [2.75, 3.05) is 0 Å². The fourth-order valence-corrected chi connectivity index (χ4v) is 5.71. The van der Waals surface area contributed by atoms with Gasteiger partial charge in [-0.1, -0.05) is 27.2 Å². The van der Waals surface area contributed by atoms with Crippen LogP contribution in [0.25, 0.3) is 0 Å². The van der Waals surface area contributed by atoms with Gasteiger partial charge in [0.25, 0.3) is 0 Å². The van der Waals surface area contributed by atoms with Crippen molar-refractivity contribution >= 4 is 8.32 Å². The molecule has 0 amide bonds. The predicted molar refractivity (Wildman–Crippen MR) is 62.7 cm³/mol. The molecule has 0 aliphatic heterocycles. The molecule has 0 atom stereocenters. The van der Waals surface area contributed by atoms with Crippen molar-refractivity contribution in [1.29, 1.82) is 0 Å². The summed E-state index contributed by atoms with van der Waals surface area (Å²) < 4.78 is 6.30. The average molecular weight is 202 g/mol. The maximum Gasteiger partial charge on any atom is 0.192 e. The Labute approximate surface area is 85.0 Å². The number of hydrogen-bond donors (Lipinski definition) is 0. The summed E-state index contributed by atoms with van der Waals surface area (Å²) in [4.78, 5) is 0. The van der Waals surface area contributed by atoms with E-state index in [9.17, 15) is 0 Å². The highest BCUT2D eigenvalue weighted by Crippen LogP contribution is 2.28. The Hall–Kier alpha value is 0.177. The molecule has 0 aromatic carbocycles. The summed E-state index contributed by atoms with van der Waals surface area (Å²) in [6.07, 6.45) is 1.27. The van der Waals surface area contributed by atoms with Crippen LogP contribution in [-0.4, -0.2) is 13.9 Å². The second-order valence-corrected chi connectivity index (χ2v) is 9.34. The lowest BCUT2D eigenvalue weighted by atomic mass is 10.2. The lowest BCUT2D eigenvalue weighted by molar-refractivity contribution is 0.116. The smallest absolute Gasteiger partial charge is 0.192 e. The molecule has 0 saturated carbocycles. The van der Waals surface area contributed by atoms with Crippen molar-refractivity contribution in [3.63, 3.8) is 0 Å². The van der Waals surface area contributed by atoms with E-state index in [1.54, 1.807) is 0 Å². The first-order valence-corrected chi connectivity index (χ1v) is 8.12. The van der Waals surface area contributed by atoms with Crippen LogP contribution in [0.1, 0.15) is 48.0 Å². The molecule has 0 aliphatic carbocycles. The molecular formula is C11H26OSi. The van der Waals surface area contributed by atoms with Gasteiger partial charge in [0.05, 0.1) is 0 Å². The van der Waals surface area contributed by atoms with Crippen molar-refractivity contribution in [2.45, 2.75) is 71.7 Å². The molecule has 80 valence electrons. The molecule has 0 aliphatic rings. The molecule has 1 nitrogen and oxygen atoms in total. The van der Waals surface area contributed by atoms with Gasteiger partial charge in [-0.05, 0) is 38.9 Å². The molecule has 2 heteroatoms. The third-order valence-electron chi connectivity index (χ3n) is 2.52. The summed E-state index contributed by atoms with van der Waals surface area (Å²) in [7, 11) is -1.38. The summed E-state index contributed by atoms with van der Waals surface area (Å²) in [5, 5.41) is 0. The molecule has 13 heavy (non-hydrogen) atoms. The molecule has 0 aromatic heterocycles. The molecule has 0 heterocycles. The second-order valence-electron chi connectivity index (χ2n) is 4.85. The van der Waals surface area contributed by atoms with Crippen molar-refractivity contribution in [3.8, 4) is 0 Å². The Morgan fingerprint density at radius 2 is 1.46 bits per heavy atom. The lowest BCUT2D eigenvalue weighted by Gasteiger charge is -2.36. The van der Waals surface area contributed by atoms with Crippen LogP contribution >= 0.6 is 0 Å². The first-order valence-electron chi connectivity index (χ1n) is 5.59. The van der Waals surface area contributed by atoms with Crippen LogP contribution in [0.3, 0.4) is 0 Å². The normalized spacial score (nSPS) is 13.4. The molecule has 0 bridgehead atoms. The molecular weight excluding hydrogens is 176 g/mol. The van der Waals surface area contributed by atoms with Crippen molar-refractivity contribution in [1.82, 2.24) is 0 Å². The third kappa shape index (κ3) is 4.82. The zero-order chi connectivity index (χ0) is 10.5. The van der Waals surface area contributed by atoms with Gasteiger partial charge in [-0.25, -0.2) is 0 Å². The van der Waals surface area contributed by atoms with Crippen LogP contribution < -0.4 is 0 Å². The monoisotopic (exact) mass is 202 g/mol. The predicted octanol–water partition coefficient (Wildman–Crippen LogP) is 4.20. The van der Waals surface area contributed by atoms with Gasteiger partial charge in [0.15, 0.2) is 8.32 Å². The highest BCUT2D eigenvalue weighted by Gasteiger charge is 2.34. The van der Waals surface area contributed by atoms with E-state index in [2.05, 4.69) is 41.5 Å². The lowest BCUT2D eigenvalue weighted by Crippen LogP contribution is -2.43. The Balaban J connectivity index is 4.38. The summed E-state index contributed by atoms with van der Waals surface area (Å²) in [5.41, 5.74) is 0.0490. The largest absolute Gasteiger partial charge is 0.412 e. The summed E-state index contributed by atoms with van der Waals surface area (Å²) in [6, 6.07) is 3.83. The van der Waals surface area contributed by atoms with Gasteiger partial charge in [-0.15, -0.1) is 0 Å². The Kier molecular flexibility index (Phi) is 5.23. The Morgan fingerprint density at radius 3 is 1.69 bits per heavy atom. The first kappa shape index (κ1) is 13.2. The highest BCUT2D eigenvalue weighted by molar-refractivity contribution is 6.73. The van der Waals surface area contributed by atoms with Crippen LogP contribution in [0.5, 0.6) is 0 Å². The van der Waals surface area contributed by atoms with Crippen molar-refractivity contribution in [3.05, 3.63) is 0 Å². The SMILES string of the molecule is CCC[Si](CC)(CC)OC(C)(C)C. The van der Waals surface area contributed by atoms with Crippen LogP contribution in [0.4, 0.5) is 0 Å². The van der Waals surface area contributed by atoms with E-state index >= 15 is 0 Å². The zero-order valence-electron chi connectivity index (χ0n) is 10.2. The van der Waals surface area contributed by atoms with Crippen LogP contribution in [0, 0.1) is 0 Å². The fraction of sp³-hybridized carbons (Fsp3) is 1.00. The minimum absolute atomic E-state index is 0.0490. The first-order chi connectivity index (χ1) is 5.89. The second kappa shape index (κ2) is 5.16. The highest BCUT2D eigenvalue weighted by atomic mass is 28.4.